The zero-order valence-electron chi connectivity index (χ0n) is 16.7. The largest absolute Gasteiger partial charge is 0.461 e. The molecule has 3 heterocycles. The molecular formula is C21H23N5O2S. The summed E-state index contributed by atoms with van der Waals surface area (Å²) in [5, 5.41) is 13.6. The lowest BCUT2D eigenvalue weighted by Gasteiger charge is -2.10. The van der Waals surface area contributed by atoms with E-state index in [1.165, 1.54) is 17.3 Å². The normalized spacial score (nSPS) is 11.4. The summed E-state index contributed by atoms with van der Waals surface area (Å²) in [6.07, 6.45) is 2.65. The third kappa shape index (κ3) is 4.42. The molecule has 0 saturated carbocycles. The van der Waals surface area contributed by atoms with Gasteiger partial charge in [-0.3, -0.25) is 4.57 Å². The van der Waals surface area contributed by atoms with Gasteiger partial charge in [-0.05, 0) is 30.0 Å². The Bertz CT molecular complexity index is 1050. The fourth-order valence-corrected chi connectivity index (χ4v) is 3.75. The van der Waals surface area contributed by atoms with Crippen LogP contribution in [0.1, 0.15) is 32.2 Å². The molecule has 150 valence electrons. The standard InChI is InChI=1S/C21H23N5O2S/c1-4-15-7-9-16(10-8-15)19-22-18(28-25-19)13-29-21-24-23-20(17-6-5-11-27-17)26(21)12-14(2)3/h5-11,14H,4,12-13H2,1-3H3. The second-order valence-electron chi connectivity index (χ2n) is 7.14. The predicted molar refractivity (Wildman–Crippen MR) is 111 cm³/mol. The Kier molecular flexibility index (Phi) is 5.80. The van der Waals surface area contributed by atoms with E-state index in [1.807, 2.05) is 24.3 Å². The summed E-state index contributed by atoms with van der Waals surface area (Å²) in [5.41, 5.74) is 2.23. The van der Waals surface area contributed by atoms with Crippen LogP contribution in [-0.4, -0.2) is 24.9 Å². The van der Waals surface area contributed by atoms with Crippen LogP contribution in [0, 0.1) is 5.92 Å². The van der Waals surface area contributed by atoms with Crippen LogP contribution >= 0.6 is 11.8 Å². The van der Waals surface area contributed by atoms with Crippen molar-refractivity contribution in [3.8, 4) is 23.0 Å². The molecule has 4 aromatic rings. The van der Waals surface area contributed by atoms with Crippen molar-refractivity contribution in [3.05, 3.63) is 54.1 Å². The first-order valence-corrected chi connectivity index (χ1v) is 10.6. The molecule has 0 aliphatic rings. The smallest absolute Gasteiger partial charge is 0.237 e. The fourth-order valence-electron chi connectivity index (χ4n) is 2.96. The number of furan rings is 1. The molecule has 0 aliphatic heterocycles. The van der Waals surface area contributed by atoms with Gasteiger partial charge in [-0.15, -0.1) is 10.2 Å². The maximum Gasteiger partial charge on any atom is 0.237 e. The van der Waals surface area contributed by atoms with Crippen molar-refractivity contribution in [2.24, 2.45) is 5.92 Å². The van der Waals surface area contributed by atoms with Crippen molar-refractivity contribution in [2.75, 3.05) is 0 Å². The molecule has 7 nitrogen and oxygen atoms in total. The second kappa shape index (κ2) is 8.65. The highest BCUT2D eigenvalue weighted by atomic mass is 32.2. The van der Waals surface area contributed by atoms with Gasteiger partial charge < -0.3 is 8.94 Å². The summed E-state index contributed by atoms with van der Waals surface area (Å²) < 4.78 is 13.0. The summed E-state index contributed by atoms with van der Waals surface area (Å²) in [7, 11) is 0. The first-order chi connectivity index (χ1) is 14.1. The van der Waals surface area contributed by atoms with E-state index < -0.39 is 0 Å². The van der Waals surface area contributed by atoms with E-state index in [0.717, 1.165) is 29.5 Å². The number of aryl methyl sites for hydroxylation is 1. The van der Waals surface area contributed by atoms with Gasteiger partial charge in [-0.25, -0.2) is 0 Å². The van der Waals surface area contributed by atoms with Crippen molar-refractivity contribution in [3.63, 3.8) is 0 Å². The Balaban J connectivity index is 1.50. The lowest BCUT2D eigenvalue weighted by Crippen LogP contribution is -2.07. The topological polar surface area (TPSA) is 82.8 Å². The molecule has 29 heavy (non-hydrogen) atoms. The van der Waals surface area contributed by atoms with Crippen LogP contribution in [0.25, 0.3) is 23.0 Å². The molecule has 0 aliphatic carbocycles. The monoisotopic (exact) mass is 409 g/mol. The summed E-state index contributed by atoms with van der Waals surface area (Å²) in [6, 6.07) is 12.0. The van der Waals surface area contributed by atoms with Crippen LogP contribution in [0.3, 0.4) is 0 Å². The molecule has 0 fully saturated rings. The summed E-state index contributed by atoms with van der Waals surface area (Å²) in [4.78, 5) is 4.52. The lowest BCUT2D eigenvalue weighted by molar-refractivity contribution is 0.391. The van der Waals surface area contributed by atoms with Crippen LogP contribution in [0.2, 0.25) is 0 Å². The summed E-state index contributed by atoms with van der Waals surface area (Å²) >= 11 is 1.53. The SMILES string of the molecule is CCc1ccc(-c2noc(CSc3nnc(-c4ccco4)n3CC(C)C)n2)cc1. The molecule has 0 unspecified atom stereocenters. The molecule has 1 aromatic carbocycles. The van der Waals surface area contributed by atoms with Gasteiger partial charge in [0.2, 0.25) is 11.7 Å². The molecule has 0 radical (unpaired) electrons. The van der Waals surface area contributed by atoms with Gasteiger partial charge >= 0.3 is 0 Å². The van der Waals surface area contributed by atoms with E-state index in [9.17, 15) is 0 Å². The number of nitrogens with zero attached hydrogens (tertiary/aromatic N) is 5. The highest BCUT2D eigenvalue weighted by Crippen LogP contribution is 2.28. The summed E-state index contributed by atoms with van der Waals surface area (Å²) in [6.45, 7) is 7.25. The molecule has 0 amide bonds. The fraction of sp³-hybridized carbons (Fsp3) is 0.333. The Morgan fingerprint density at radius 1 is 1.10 bits per heavy atom. The van der Waals surface area contributed by atoms with Crippen LogP contribution in [0.4, 0.5) is 0 Å². The number of hydrogen-bond acceptors (Lipinski definition) is 7. The highest BCUT2D eigenvalue weighted by Gasteiger charge is 2.18. The Labute approximate surface area is 173 Å². The molecule has 0 atom stereocenters. The molecule has 4 rings (SSSR count). The molecule has 3 aromatic heterocycles. The first kappa shape index (κ1) is 19.4. The predicted octanol–water partition coefficient (Wildman–Crippen LogP) is 5.10. The van der Waals surface area contributed by atoms with Gasteiger partial charge in [0.05, 0.1) is 12.0 Å². The van der Waals surface area contributed by atoms with Crippen molar-refractivity contribution >= 4 is 11.8 Å². The third-order valence-corrected chi connectivity index (χ3v) is 5.37. The van der Waals surface area contributed by atoms with Crippen molar-refractivity contribution in [1.29, 1.82) is 0 Å². The van der Waals surface area contributed by atoms with Crippen LogP contribution in [0.15, 0.2) is 56.8 Å². The number of benzene rings is 1. The van der Waals surface area contributed by atoms with E-state index in [-0.39, 0.29) is 0 Å². The van der Waals surface area contributed by atoms with Gasteiger partial charge in [0, 0.05) is 12.1 Å². The third-order valence-electron chi connectivity index (χ3n) is 4.42. The van der Waals surface area contributed by atoms with Crippen molar-refractivity contribution < 1.29 is 8.94 Å². The van der Waals surface area contributed by atoms with Crippen LogP contribution < -0.4 is 0 Å². The Hall–Kier alpha value is -2.87. The number of aromatic nitrogens is 5. The molecule has 0 spiro atoms. The average molecular weight is 410 g/mol. The molecule has 0 saturated heterocycles. The van der Waals surface area contributed by atoms with E-state index in [1.54, 1.807) is 6.26 Å². The van der Waals surface area contributed by atoms with Gasteiger partial charge in [0.15, 0.2) is 16.7 Å². The minimum Gasteiger partial charge on any atom is -0.461 e. The maximum absolute atomic E-state index is 5.51. The lowest BCUT2D eigenvalue weighted by atomic mass is 10.1. The molecule has 8 heteroatoms. The van der Waals surface area contributed by atoms with E-state index in [0.29, 0.717) is 29.1 Å². The zero-order chi connectivity index (χ0) is 20.2. The number of hydrogen-bond donors (Lipinski definition) is 0. The number of thioether (sulfide) groups is 1. The van der Waals surface area contributed by atoms with E-state index >= 15 is 0 Å². The second-order valence-corrected chi connectivity index (χ2v) is 8.08. The van der Waals surface area contributed by atoms with Gasteiger partial charge in [0.1, 0.15) is 0 Å². The molecule has 0 N–H and O–H groups in total. The van der Waals surface area contributed by atoms with E-state index in [2.05, 4.69) is 57.8 Å². The molecule has 0 bridgehead atoms. The minimum atomic E-state index is 0.445. The summed E-state index contributed by atoms with van der Waals surface area (Å²) in [5.74, 6) is 3.56. The van der Waals surface area contributed by atoms with Gasteiger partial charge in [-0.1, -0.05) is 62.0 Å². The van der Waals surface area contributed by atoms with Crippen molar-refractivity contribution in [2.45, 2.75) is 44.6 Å². The first-order valence-electron chi connectivity index (χ1n) is 9.65. The highest BCUT2D eigenvalue weighted by molar-refractivity contribution is 7.98. The molecular weight excluding hydrogens is 386 g/mol. The van der Waals surface area contributed by atoms with Crippen LogP contribution in [-0.2, 0) is 18.7 Å². The maximum atomic E-state index is 5.51. The van der Waals surface area contributed by atoms with Crippen molar-refractivity contribution in [1.82, 2.24) is 24.9 Å². The minimum absolute atomic E-state index is 0.445. The zero-order valence-corrected chi connectivity index (χ0v) is 17.5. The Morgan fingerprint density at radius 3 is 2.62 bits per heavy atom. The van der Waals surface area contributed by atoms with Gasteiger partial charge in [-0.2, -0.15) is 4.98 Å². The Morgan fingerprint density at radius 2 is 1.93 bits per heavy atom. The van der Waals surface area contributed by atoms with Gasteiger partial charge in [0.25, 0.3) is 0 Å². The number of rotatable bonds is 8. The van der Waals surface area contributed by atoms with Crippen LogP contribution in [0.5, 0.6) is 0 Å². The quantitative estimate of drug-likeness (QED) is 0.374. The van der Waals surface area contributed by atoms with E-state index in [4.69, 9.17) is 8.94 Å². The average Bonchev–Trinajstić information content (AvgIpc) is 3.47.